The van der Waals surface area contributed by atoms with Crippen molar-refractivity contribution in [2.75, 3.05) is 13.7 Å². The highest BCUT2D eigenvalue weighted by atomic mass is 16.5. The fourth-order valence-electron chi connectivity index (χ4n) is 3.75. The smallest absolute Gasteiger partial charge is 0.265 e. The fourth-order valence-corrected chi connectivity index (χ4v) is 3.75. The van der Waals surface area contributed by atoms with Crippen molar-refractivity contribution in [3.63, 3.8) is 0 Å². The predicted molar refractivity (Wildman–Crippen MR) is 124 cm³/mol. The Morgan fingerprint density at radius 3 is 2.64 bits per heavy atom. The van der Waals surface area contributed by atoms with Crippen LogP contribution in [0.4, 0.5) is 0 Å². The lowest BCUT2D eigenvalue weighted by Gasteiger charge is -2.19. The van der Waals surface area contributed by atoms with Crippen molar-refractivity contribution in [1.29, 1.82) is 0 Å². The number of carbonyl (C=O) groups excluding carboxylic acids is 1. The molecule has 0 aliphatic carbocycles. The molecule has 1 amide bonds. The molecule has 4 aromatic rings. The number of methoxy groups -OCH3 is 1. The highest BCUT2D eigenvalue weighted by Gasteiger charge is 2.26. The van der Waals surface area contributed by atoms with Crippen molar-refractivity contribution >= 4 is 11.6 Å². The molecule has 8 heteroatoms. The van der Waals surface area contributed by atoms with E-state index in [0.717, 1.165) is 5.69 Å². The van der Waals surface area contributed by atoms with Crippen LogP contribution in [-0.2, 0) is 11.2 Å². The standard InChI is InChI=1S/C25H24N4O4/c1-33-19-10-8-17(9-11-19)20(16-22(30)27-14-12-18-6-2-4-13-26-18)23-24(31)28-21-7-3-5-15-29(21)25(23)32/h2-11,13,15,20,31H,12,14,16H2,1H3,(H,27,30). The molecule has 8 nitrogen and oxygen atoms in total. The van der Waals surface area contributed by atoms with E-state index in [4.69, 9.17) is 4.74 Å². The van der Waals surface area contributed by atoms with Crippen molar-refractivity contribution < 1.29 is 14.6 Å². The van der Waals surface area contributed by atoms with Crippen LogP contribution in [0, 0.1) is 0 Å². The molecule has 0 aliphatic heterocycles. The summed E-state index contributed by atoms with van der Waals surface area (Å²) in [6.45, 7) is 0.409. The molecule has 3 heterocycles. The largest absolute Gasteiger partial charge is 0.497 e. The number of nitrogens with one attached hydrogen (secondary N) is 1. The molecular weight excluding hydrogens is 420 g/mol. The minimum Gasteiger partial charge on any atom is -0.497 e. The molecule has 33 heavy (non-hydrogen) atoms. The first-order valence-corrected chi connectivity index (χ1v) is 10.6. The first kappa shape index (κ1) is 22.0. The van der Waals surface area contributed by atoms with Crippen LogP contribution < -0.4 is 15.6 Å². The fraction of sp³-hybridized carbons (Fsp3) is 0.200. The molecule has 3 aromatic heterocycles. The molecule has 4 rings (SSSR count). The van der Waals surface area contributed by atoms with Gasteiger partial charge in [-0.3, -0.25) is 19.0 Å². The first-order valence-electron chi connectivity index (χ1n) is 10.6. The van der Waals surface area contributed by atoms with E-state index in [1.807, 2.05) is 18.2 Å². The summed E-state index contributed by atoms with van der Waals surface area (Å²) in [4.78, 5) is 34.5. The maximum absolute atomic E-state index is 13.3. The zero-order valence-electron chi connectivity index (χ0n) is 18.1. The normalized spacial score (nSPS) is 11.8. The van der Waals surface area contributed by atoms with Gasteiger partial charge in [0.05, 0.1) is 12.7 Å². The second kappa shape index (κ2) is 9.95. The van der Waals surface area contributed by atoms with Crippen LogP contribution in [0.1, 0.15) is 29.2 Å². The summed E-state index contributed by atoms with van der Waals surface area (Å²) in [6.07, 6.45) is 3.86. The van der Waals surface area contributed by atoms with Crippen molar-refractivity contribution in [2.24, 2.45) is 0 Å². The number of pyridine rings is 2. The van der Waals surface area contributed by atoms with Gasteiger partial charge in [0.25, 0.3) is 5.56 Å². The Balaban J connectivity index is 1.63. The van der Waals surface area contributed by atoms with Crippen molar-refractivity contribution in [3.8, 4) is 11.6 Å². The maximum atomic E-state index is 13.3. The summed E-state index contributed by atoms with van der Waals surface area (Å²) >= 11 is 0. The average molecular weight is 444 g/mol. The summed E-state index contributed by atoms with van der Waals surface area (Å²) in [5, 5.41) is 13.6. The number of fused-ring (bicyclic) bond motifs is 1. The number of ether oxygens (including phenoxy) is 1. The van der Waals surface area contributed by atoms with Gasteiger partial charge >= 0.3 is 0 Å². The Bertz CT molecular complexity index is 1300. The lowest BCUT2D eigenvalue weighted by molar-refractivity contribution is -0.121. The first-order chi connectivity index (χ1) is 16.1. The number of aromatic hydroxyl groups is 1. The minimum absolute atomic E-state index is 0.0298. The average Bonchev–Trinajstić information content (AvgIpc) is 2.84. The topological polar surface area (TPSA) is 106 Å². The highest BCUT2D eigenvalue weighted by Crippen LogP contribution is 2.31. The van der Waals surface area contributed by atoms with E-state index in [1.54, 1.807) is 62.0 Å². The van der Waals surface area contributed by atoms with Gasteiger partial charge < -0.3 is 15.2 Å². The summed E-state index contributed by atoms with van der Waals surface area (Å²) in [6, 6.07) is 17.8. The number of carbonyl (C=O) groups is 1. The van der Waals surface area contributed by atoms with Crippen LogP contribution in [0.15, 0.2) is 77.9 Å². The molecule has 168 valence electrons. The van der Waals surface area contributed by atoms with Crippen molar-refractivity contribution in [1.82, 2.24) is 19.7 Å². The van der Waals surface area contributed by atoms with E-state index < -0.39 is 11.5 Å². The van der Waals surface area contributed by atoms with Gasteiger partial charge in [-0.05, 0) is 42.0 Å². The molecule has 0 radical (unpaired) electrons. The lowest BCUT2D eigenvalue weighted by Crippen LogP contribution is -2.30. The second-order valence-corrected chi connectivity index (χ2v) is 7.53. The predicted octanol–water partition coefficient (Wildman–Crippen LogP) is 2.68. The number of rotatable bonds is 8. The Hall–Kier alpha value is -4.20. The molecule has 2 N–H and O–H groups in total. The molecular formula is C25H24N4O4. The number of hydrogen-bond acceptors (Lipinski definition) is 6. The molecule has 1 unspecified atom stereocenters. The number of amides is 1. The Kier molecular flexibility index (Phi) is 6.64. The summed E-state index contributed by atoms with van der Waals surface area (Å²) < 4.78 is 6.59. The monoisotopic (exact) mass is 444 g/mol. The van der Waals surface area contributed by atoms with Gasteiger partial charge in [-0.15, -0.1) is 0 Å². The quantitative estimate of drug-likeness (QED) is 0.433. The summed E-state index contributed by atoms with van der Waals surface area (Å²) in [5.41, 5.74) is 1.56. The molecule has 0 saturated carbocycles. The molecule has 0 saturated heterocycles. The number of hydrogen-bond donors (Lipinski definition) is 2. The van der Waals surface area contributed by atoms with Crippen LogP contribution in [-0.4, -0.2) is 39.0 Å². The number of nitrogens with zero attached hydrogens (tertiary/aromatic N) is 3. The number of aromatic nitrogens is 3. The van der Waals surface area contributed by atoms with Crippen molar-refractivity contribution in [3.05, 3.63) is 100 Å². The van der Waals surface area contributed by atoms with E-state index in [-0.39, 0.29) is 23.8 Å². The van der Waals surface area contributed by atoms with E-state index in [0.29, 0.717) is 29.9 Å². The van der Waals surface area contributed by atoms with Crippen LogP contribution in [0.3, 0.4) is 0 Å². The molecule has 0 bridgehead atoms. The summed E-state index contributed by atoms with van der Waals surface area (Å²) in [5.74, 6) is -0.672. The SMILES string of the molecule is COc1ccc(C(CC(=O)NCCc2ccccn2)c2c(O)nc3ccccn3c2=O)cc1. The summed E-state index contributed by atoms with van der Waals surface area (Å²) in [7, 11) is 1.56. The maximum Gasteiger partial charge on any atom is 0.265 e. The van der Waals surface area contributed by atoms with Gasteiger partial charge in [0, 0.05) is 43.4 Å². The minimum atomic E-state index is -0.692. The zero-order valence-corrected chi connectivity index (χ0v) is 18.1. The van der Waals surface area contributed by atoms with Gasteiger partial charge in [-0.25, -0.2) is 0 Å². The highest BCUT2D eigenvalue weighted by molar-refractivity contribution is 5.77. The molecule has 0 fully saturated rings. The van der Waals surface area contributed by atoms with Gasteiger partial charge in [-0.2, -0.15) is 4.98 Å². The van der Waals surface area contributed by atoms with Crippen LogP contribution in [0.5, 0.6) is 11.6 Å². The van der Waals surface area contributed by atoms with Gasteiger partial charge in [0.2, 0.25) is 11.8 Å². The third-order valence-corrected chi connectivity index (χ3v) is 5.43. The van der Waals surface area contributed by atoms with Gasteiger partial charge in [0.1, 0.15) is 11.4 Å². The Labute approximate surface area is 190 Å². The van der Waals surface area contributed by atoms with Gasteiger partial charge in [-0.1, -0.05) is 24.3 Å². The second-order valence-electron chi connectivity index (χ2n) is 7.53. The van der Waals surface area contributed by atoms with E-state index >= 15 is 0 Å². The van der Waals surface area contributed by atoms with Crippen LogP contribution >= 0.6 is 0 Å². The van der Waals surface area contributed by atoms with E-state index in [2.05, 4.69) is 15.3 Å². The van der Waals surface area contributed by atoms with Gasteiger partial charge in [0.15, 0.2) is 0 Å². The Morgan fingerprint density at radius 2 is 1.91 bits per heavy atom. The molecule has 0 aliphatic rings. The zero-order chi connectivity index (χ0) is 23.2. The molecule has 1 aromatic carbocycles. The third kappa shape index (κ3) is 5.01. The molecule has 1 atom stereocenters. The van der Waals surface area contributed by atoms with E-state index in [1.165, 1.54) is 4.40 Å². The van der Waals surface area contributed by atoms with Crippen molar-refractivity contribution in [2.45, 2.75) is 18.8 Å². The Morgan fingerprint density at radius 1 is 1.12 bits per heavy atom. The number of benzene rings is 1. The third-order valence-electron chi connectivity index (χ3n) is 5.43. The van der Waals surface area contributed by atoms with Crippen LogP contribution in [0.2, 0.25) is 0 Å². The van der Waals surface area contributed by atoms with Crippen LogP contribution in [0.25, 0.3) is 5.65 Å². The molecule has 0 spiro atoms. The lowest BCUT2D eigenvalue weighted by atomic mass is 9.89. The van der Waals surface area contributed by atoms with E-state index in [9.17, 15) is 14.7 Å².